The number of nitrogens with zero attached hydrogens (tertiary/aromatic N) is 1. The molecule has 0 aromatic carbocycles. The number of urea groups is 1. The van der Waals surface area contributed by atoms with Crippen LogP contribution in [0.2, 0.25) is 0 Å². The molecule has 0 spiro atoms. The fourth-order valence-electron chi connectivity index (χ4n) is 2.16. The molecule has 22 heavy (non-hydrogen) atoms. The number of hydrogen-bond donors (Lipinski definition) is 2. The van der Waals surface area contributed by atoms with E-state index in [1.807, 2.05) is 5.32 Å². The van der Waals surface area contributed by atoms with E-state index < -0.39 is 42.3 Å². The molecular formula is C13H22F3N3O3. The summed E-state index contributed by atoms with van der Waals surface area (Å²) in [6, 6.07) is -0.900. The van der Waals surface area contributed by atoms with Crippen molar-refractivity contribution in [3.05, 3.63) is 0 Å². The molecule has 1 rings (SSSR count). The number of hydrogen-bond acceptors (Lipinski definition) is 3. The van der Waals surface area contributed by atoms with Gasteiger partial charge < -0.3 is 20.3 Å². The number of alkyl halides is 3. The van der Waals surface area contributed by atoms with Crippen LogP contribution in [-0.2, 0) is 4.74 Å². The zero-order valence-electron chi connectivity index (χ0n) is 13.1. The lowest BCUT2D eigenvalue weighted by atomic mass is 9.87. The molecule has 1 saturated heterocycles. The van der Waals surface area contributed by atoms with Gasteiger partial charge in [-0.2, -0.15) is 13.2 Å². The van der Waals surface area contributed by atoms with Crippen LogP contribution in [0, 0.1) is 0 Å². The molecule has 0 unspecified atom stereocenters. The van der Waals surface area contributed by atoms with Gasteiger partial charge >= 0.3 is 18.3 Å². The number of rotatable bonds is 1. The summed E-state index contributed by atoms with van der Waals surface area (Å²) in [6.45, 7) is 4.77. The second kappa shape index (κ2) is 6.21. The molecule has 2 N–H and O–H groups in total. The largest absolute Gasteiger partial charge is 0.444 e. The Labute approximate surface area is 127 Å². The van der Waals surface area contributed by atoms with Crippen molar-refractivity contribution in [3.63, 3.8) is 0 Å². The highest BCUT2D eigenvalue weighted by molar-refractivity contribution is 5.74. The third kappa shape index (κ3) is 4.41. The van der Waals surface area contributed by atoms with Crippen LogP contribution in [0.15, 0.2) is 0 Å². The Kier molecular flexibility index (Phi) is 5.19. The van der Waals surface area contributed by atoms with Gasteiger partial charge in [-0.15, -0.1) is 0 Å². The summed E-state index contributed by atoms with van der Waals surface area (Å²) in [4.78, 5) is 24.4. The molecule has 0 atom stereocenters. The number of carbonyl (C=O) groups excluding carboxylic acids is 2. The Morgan fingerprint density at radius 1 is 1.14 bits per heavy atom. The SMILES string of the molecule is CNC(=O)NC1(C(F)(F)F)CCN(C(=O)OC(C)(C)C)CC1. The molecule has 128 valence electrons. The second-order valence-corrected chi connectivity index (χ2v) is 6.25. The maximum absolute atomic E-state index is 13.3. The third-order valence-electron chi connectivity index (χ3n) is 3.39. The predicted molar refractivity (Wildman–Crippen MR) is 73.4 cm³/mol. The van der Waals surface area contributed by atoms with Crippen LogP contribution in [-0.4, -0.2) is 54.5 Å². The third-order valence-corrected chi connectivity index (χ3v) is 3.39. The van der Waals surface area contributed by atoms with Crippen LogP contribution in [0.3, 0.4) is 0 Å². The fourth-order valence-corrected chi connectivity index (χ4v) is 2.16. The van der Waals surface area contributed by atoms with Crippen LogP contribution in [0.25, 0.3) is 0 Å². The van der Waals surface area contributed by atoms with E-state index in [4.69, 9.17) is 4.74 Å². The zero-order valence-corrected chi connectivity index (χ0v) is 13.1. The Hall–Kier alpha value is -1.67. The normalized spacial score (nSPS) is 18.6. The van der Waals surface area contributed by atoms with Gasteiger partial charge in [-0.3, -0.25) is 0 Å². The number of halogens is 3. The van der Waals surface area contributed by atoms with Crippen molar-refractivity contribution in [1.29, 1.82) is 0 Å². The highest BCUT2D eigenvalue weighted by Crippen LogP contribution is 2.38. The summed E-state index contributed by atoms with van der Waals surface area (Å²) in [6.07, 6.45) is -6.07. The number of likely N-dealkylation sites (tertiary alicyclic amines) is 1. The van der Waals surface area contributed by atoms with E-state index in [-0.39, 0.29) is 13.1 Å². The van der Waals surface area contributed by atoms with E-state index in [2.05, 4.69) is 5.32 Å². The lowest BCUT2D eigenvalue weighted by molar-refractivity contribution is -0.204. The lowest BCUT2D eigenvalue weighted by Gasteiger charge is -2.43. The summed E-state index contributed by atoms with van der Waals surface area (Å²) in [5, 5.41) is 4.09. The number of nitrogens with one attached hydrogen (secondary N) is 2. The van der Waals surface area contributed by atoms with E-state index in [9.17, 15) is 22.8 Å². The van der Waals surface area contributed by atoms with Gasteiger partial charge in [-0.25, -0.2) is 9.59 Å². The Morgan fingerprint density at radius 3 is 2.00 bits per heavy atom. The van der Waals surface area contributed by atoms with Gasteiger partial charge in [-0.05, 0) is 33.6 Å². The summed E-state index contributed by atoms with van der Waals surface area (Å²) in [5.41, 5.74) is -3.04. The minimum absolute atomic E-state index is 0.140. The molecule has 0 radical (unpaired) electrons. The minimum Gasteiger partial charge on any atom is -0.444 e. The summed E-state index contributed by atoms with van der Waals surface area (Å²) in [7, 11) is 1.25. The predicted octanol–water partition coefficient (Wildman–Crippen LogP) is 2.25. The molecule has 0 aromatic rings. The maximum atomic E-state index is 13.3. The van der Waals surface area contributed by atoms with E-state index >= 15 is 0 Å². The van der Waals surface area contributed by atoms with Crippen molar-refractivity contribution < 1.29 is 27.5 Å². The fraction of sp³-hybridized carbons (Fsp3) is 0.846. The van der Waals surface area contributed by atoms with E-state index in [1.54, 1.807) is 20.8 Å². The molecule has 0 bridgehead atoms. The van der Waals surface area contributed by atoms with Crippen LogP contribution >= 0.6 is 0 Å². The summed E-state index contributed by atoms with van der Waals surface area (Å²) >= 11 is 0. The quantitative estimate of drug-likeness (QED) is 0.777. The second-order valence-electron chi connectivity index (χ2n) is 6.25. The minimum atomic E-state index is -4.60. The van der Waals surface area contributed by atoms with Crippen molar-refractivity contribution >= 4 is 12.1 Å². The topological polar surface area (TPSA) is 70.7 Å². The van der Waals surface area contributed by atoms with Gasteiger partial charge in [0.05, 0.1) is 0 Å². The monoisotopic (exact) mass is 325 g/mol. The van der Waals surface area contributed by atoms with E-state index in [0.29, 0.717) is 0 Å². The molecule has 3 amide bonds. The smallest absolute Gasteiger partial charge is 0.411 e. The Bertz CT molecular complexity index is 424. The van der Waals surface area contributed by atoms with Crippen LogP contribution in [0.1, 0.15) is 33.6 Å². The standard InChI is InChI=1S/C13H22F3N3O3/c1-11(2,3)22-10(21)19-7-5-12(6-8-19,13(14,15)16)18-9(20)17-4/h5-8H2,1-4H3,(H2,17,18,20). The highest BCUT2D eigenvalue weighted by Gasteiger charge is 2.57. The van der Waals surface area contributed by atoms with Gasteiger partial charge in [-0.1, -0.05) is 0 Å². The summed E-state index contributed by atoms with van der Waals surface area (Å²) < 4.78 is 45.1. The average Bonchev–Trinajstić information content (AvgIpc) is 2.36. The first-order valence-electron chi connectivity index (χ1n) is 6.95. The van der Waals surface area contributed by atoms with Crippen molar-refractivity contribution in [1.82, 2.24) is 15.5 Å². The van der Waals surface area contributed by atoms with E-state index in [0.717, 1.165) is 0 Å². The van der Waals surface area contributed by atoms with Crippen molar-refractivity contribution in [2.24, 2.45) is 0 Å². The molecule has 1 heterocycles. The van der Waals surface area contributed by atoms with Crippen molar-refractivity contribution in [3.8, 4) is 0 Å². The lowest BCUT2D eigenvalue weighted by Crippen LogP contribution is -2.65. The Balaban J connectivity index is 2.77. The molecule has 0 aliphatic carbocycles. The van der Waals surface area contributed by atoms with Gasteiger partial charge in [0, 0.05) is 20.1 Å². The molecule has 6 nitrogen and oxygen atoms in total. The molecule has 1 aliphatic rings. The molecule has 9 heteroatoms. The first kappa shape index (κ1) is 18.4. The van der Waals surface area contributed by atoms with Crippen LogP contribution in [0.5, 0.6) is 0 Å². The Morgan fingerprint density at radius 2 is 1.64 bits per heavy atom. The number of piperidine rings is 1. The number of amides is 3. The molecule has 1 aliphatic heterocycles. The van der Waals surface area contributed by atoms with Crippen LogP contribution in [0.4, 0.5) is 22.8 Å². The zero-order chi connectivity index (χ0) is 17.2. The molecule has 0 aromatic heterocycles. The van der Waals surface area contributed by atoms with Gasteiger partial charge in [0.1, 0.15) is 11.1 Å². The van der Waals surface area contributed by atoms with Crippen molar-refractivity contribution in [2.75, 3.05) is 20.1 Å². The van der Waals surface area contributed by atoms with Crippen LogP contribution < -0.4 is 10.6 Å². The molecule has 0 saturated carbocycles. The van der Waals surface area contributed by atoms with Crippen molar-refractivity contribution in [2.45, 2.75) is 50.9 Å². The molecular weight excluding hydrogens is 303 g/mol. The highest BCUT2D eigenvalue weighted by atomic mass is 19.4. The van der Waals surface area contributed by atoms with Gasteiger partial charge in [0.2, 0.25) is 0 Å². The number of carbonyl (C=O) groups is 2. The molecule has 1 fully saturated rings. The van der Waals surface area contributed by atoms with Gasteiger partial charge in [0.25, 0.3) is 0 Å². The summed E-state index contributed by atoms with van der Waals surface area (Å²) in [5.74, 6) is 0. The van der Waals surface area contributed by atoms with E-state index in [1.165, 1.54) is 11.9 Å². The maximum Gasteiger partial charge on any atom is 0.411 e. The number of ether oxygens (including phenoxy) is 1. The average molecular weight is 325 g/mol. The first-order chi connectivity index (χ1) is 9.90. The first-order valence-corrected chi connectivity index (χ1v) is 6.95. The van der Waals surface area contributed by atoms with Gasteiger partial charge in [0.15, 0.2) is 0 Å².